The van der Waals surface area contributed by atoms with Crippen LogP contribution < -0.4 is 8.79 Å². The maximum absolute atomic E-state index is 2.37. The van der Waals surface area contributed by atoms with Crippen molar-refractivity contribution in [2.75, 3.05) is 0 Å². The summed E-state index contributed by atoms with van der Waals surface area (Å²) in [6, 6.07) is 13.7. The predicted molar refractivity (Wildman–Crippen MR) is 66.4 cm³/mol. The van der Waals surface area contributed by atoms with Gasteiger partial charge in [0.2, 0.25) is 0 Å². The fourth-order valence-corrected chi connectivity index (χ4v) is 5.48. The van der Waals surface area contributed by atoms with Crippen molar-refractivity contribution in [1.29, 1.82) is 0 Å². The van der Waals surface area contributed by atoms with Gasteiger partial charge in [0, 0.05) is 0 Å². The molecule has 2 radical (unpaired) electrons. The van der Waals surface area contributed by atoms with E-state index in [0.717, 1.165) is 0 Å². The third-order valence-electron chi connectivity index (χ3n) is 2.91. The molecule has 0 spiro atoms. The van der Waals surface area contributed by atoms with E-state index in [-0.39, 0.29) is 15.4 Å². The van der Waals surface area contributed by atoms with Gasteiger partial charge in [-0.15, -0.1) is 0 Å². The Labute approximate surface area is 96.8 Å². The van der Waals surface area contributed by atoms with Crippen LogP contribution in [0.3, 0.4) is 0 Å². The van der Waals surface area contributed by atoms with Crippen LogP contribution in [0.4, 0.5) is 0 Å². The zero-order valence-corrected chi connectivity index (χ0v) is 11.1. The second-order valence-electron chi connectivity index (χ2n) is 4.22. The van der Waals surface area contributed by atoms with Gasteiger partial charge in [-0.1, -0.05) is 0 Å². The van der Waals surface area contributed by atoms with Gasteiger partial charge in [0.1, 0.15) is 0 Å². The van der Waals surface area contributed by atoms with Crippen molar-refractivity contribution in [3.63, 3.8) is 0 Å². The van der Waals surface area contributed by atoms with Crippen LogP contribution in [-0.4, -0.2) is 15.4 Å². The minimum atomic E-state index is -0.0720. The molecular formula is C14H12Ge. The quantitative estimate of drug-likeness (QED) is 0.537. The van der Waals surface area contributed by atoms with E-state index in [1.165, 1.54) is 22.3 Å². The molecule has 1 aliphatic heterocycles. The number of aryl methyl sites for hydroxylation is 2. The second kappa shape index (κ2) is 3.24. The first-order valence-corrected chi connectivity index (χ1v) is 7.32. The summed E-state index contributed by atoms with van der Waals surface area (Å²) in [5, 5.41) is 0. The van der Waals surface area contributed by atoms with Crippen molar-refractivity contribution < 1.29 is 0 Å². The third kappa shape index (κ3) is 1.44. The van der Waals surface area contributed by atoms with Gasteiger partial charge < -0.3 is 0 Å². The van der Waals surface area contributed by atoms with Gasteiger partial charge in [0.25, 0.3) is 0 Å². The third-order valence-corrected chi connectivity index (χ3v) is 5.78. The van der Waals surface area contributed by atoms with E-state index in [0.29, 0.717) is 0 Å². The molecule has 0 unspecified atom stereocenters. The molecule has 3 rings (SSSR count). The summed E-state index contributed by atoms with van der Waals surface area (Å²) in [6.45, 7) is 4.36. The zero-order valence-electron chi connectivity index (χ0n) is 8.96. The molecule has 1 aliphatic rings. The first-order valence-electron chi connectivity index (χ1n) is 5.23. The Hall–Kier alpha value is -1.02. The molecule has 72 valence electrons. The molecule has 0 saturated carbocycles. The monoisotopic (exact) mass is 254 g/mol. The molecule has 2 aromatic carbocycles. The summed E-state index contributed by atoms with van der Waals surface area (Å²) >= 11 is -0.0720. The molecule has 0 nitrogen and oxygen atoms in total. The van der Waals surface area contributed by atoms with Gasteiger partial charge in [-0.05, 0) is 0 Å². The fourth-order valence-electron chi connectivity index (χ4n) is 2.14. The number of hydrogen-bond acceptors (Lipinski definition) is 0. The Kier molecular flexibility index (Phi) is 1.99. The van der Waals surface area contributed by atoms with Crippen molar-refractivity contribution in [3.05, 3.63) is 47.5 Å². The molecule has 0 aliphatic carbocycles. The van der Waals surface area contributed by atoms with E-state index in [2.05, 4.69) is 50.2 Å². The number of hydrogen-bond donors (Lipinski definition) is 0. The topological polar surface area (TPSA) is 0 Å². The normalized spacial score (nSPS) is 12.4. The van der Waals surface area contributed by atoms with Gasteiger partial charge in [-0.3, -0.25) is 0 Å². The Morgan fingerprint density at radius 1 is 0.733 bits per heavy atom. The van der Waals surface area contributed by atoms with Crippen molar-refractivity contribution in [3.8, 4) is 11.1 Å². The van der Waals surface area contributed by atoms with Crippen LogP contribution in [0.2, 0.25) is 0 Å². The van der Waals surface area contributed by atoms with Gasteiger partial charge in [-0.2, -0.15) is 0 Å². The summed E-state index contributed by atoms with van der Waals surface area (Å²) in [5.74, 6) is 0. The molecule has 0 N–H and O–H groups in total. The molecule has 0 bridgehead atoms. The van der Waals surface area contributed by atoms with Crippen LogP contribution in [0.25, 0.3) is 11.1 Å². The first kappa shape index (κ1) is 9.23. The summed E-state index contributed by atoms with van der Waals surface area (Å²) in [5.41, 5.74) is 5.75. The summed E-state index contributed by atoms with van der Waals surface area (Å²) in [4.78, 5) is 0. The van der Waals surface area contributed by atoms with Crippen LogP contribution in [0, 0.1) is 13.8 Å². The average Bonchev–Trinajstić information content (AvgIpc) is 2.53. The van der Waals surface area contributed by atoms with Crippen LogP contribution in [0.15, 0.2) is 36.4 Å². The van der Waals surface area contributed by atoms with Crippen LogP contribution >= 0.6 is 0 Å². The van der Waals surface area contributed by atoms with E-state index >= 15 is 0 Å². The summed E-state index contributed by atoms with van der Waals surface area (Å²) < 4.78 is 3.21. The Bertz CT molecular complexity index is 492. The van der Waals surface area contributed by atoms with Crippen LogP contribution in [0.1, 0.15) is 11.1 Å². The molecule has 1 heteroatoms. The van der Waals surface area contributed by atoms with Crippen molar-refractivity contribution in [2.24, 2.45) is 0 Å². The Morgan fingerprint density at radius 2 is 1.20 bits per heavy atom. The second-order valence-corrected chi connectivity index (χ2v) is 7.01. The summed E-state index contributed by atoms with van der Waals surface area (Å²) in [7, 11) is 0. The first-order chi connectivity index (χ1) is 7.24. The van der Waals surface area contributed by atoms with E-state index in [1.807, 2.05) is 0 Å². The Balaban J connectivity index is 2.24. The van der Waals surface area contributed by atoms with E-state index in [4.69, 9.17) is 0 Å². The molecule has 15 heavy (non-hydrogen) atoms. The number of rotatable bonds is 0. The van der Waals surface area contributed by atoms with Gasteiger partial charge in [-0.25, -0.2) is 0 Å². The van der Waals surface area contributed by atoms with Gasteiger partial charge >= 0.3 is 96.7 Å². The van der Waals surface area contributed by atoms with Crippen molar-refractivity contribution in [1.82, 2.24) is 0 Å². The molecule has 0 aromatic heterocycles. The predicted octanol–water partition coefficient (Wildman–Crippen LogP) is 1.94. The molecule has 2 aromatic rings. The SMILES string of the molecule is Cc1ccc2[c](c1)[Ge][c]1cc(C)ccc1-2. The van der Waals surface area contributed by atoms with E-state index < -0.39 is 0 Å². The number of fused-ring (bicyclic) bond motifs is 3. The molecule has 0 fully saturated rings. The van der Waals surface area contributed by atoms with Crippen molar-refractivity contribution >= 4 is 24.2 Å². The molecule has 0 atom stereocenters. The molecule has 0 saturated heterocycles. The Morgan fingerprint density at radius 3 is 1.67 bits per heavy atom. The van der Waals surface area contributed by atoms with Gasteiger partial charge in [0.15, 0.2) is 0 Å². The van der Waals surface area contributed by atoms with Gasteiger partial charge in [0.05, 0.1) is 0 Å². The summed E-state index contributed by atoms with van der Waals surface area (Å²) in [6.07, 6.45) is 0. The van der Waals surface area contributed by atoms with Crippen LogP contribution in [-0.2, 0) is 0 Å². The zero-order chi connectivity index (χ0) is 10.4. The molecule has 1 heterocycles. The van der Waals surface area contributed by atoms with Crippen molar-refractivity contribution in [2.45, 2.75) is 13.8 Å². The molecule has 0 amide bonds. The fraction of sp³-hybridized carbons (Fsp3) is 0.143. The van der Waals surface area contributed by atoms with E-state index in [9.17, 15) is 0 Å². The minimum absolute atomic E-state index is 0.0720. The molecular weight excluding hydrogens is 241 g/mol. The maximum atomic E-state index is 2.37. The standard InChI is InChI=1S/C14H12Ge/c1-9-3-5-11-12-6-4-10(2)8-14(12)15-13(11)7-9/h3-8H,1-2H3. The van der Waals surface area contributed by atoms with Crippen LogP contribution in [0.5, 0.6) is 0 Å². The number of benzene rings is 2. The average molecular weight is 253 g/mol. The van der Waals surface area contributed by atoms with E-state index in [1.54, 1.807) is 8.79 Å².